The Kier molecular flexibility index (Phi) is 3.48. The van der Waals surface area contributed by atoms with Crippen molar-refractivity contribution in [1.82, 2.24) is 14.5 Å². The summed E-state index contributed by atoms with van der Waals surface area (Å²) in [5.41, 5.74) is 7.56. The van der Waals surface area contributed by atoms with Gasteiger partial charge in [-0.25, -0.2) is 4.39 Å². The Morgan fingerprint density at radius 3 is 3.00 bits per heavy atom. The zero-order valence-electron chi connectivity index (χ0n) is 11.7. The molecule has 0 radical (unpaired) electrons. The van der Waals surface area contributed by atoms with Gasteiger partial charge in [0.2, 0.25) is 11.6 Å². The third-order valence-corrected chi connectivity index (χ3v) is 3.74. The van der Waals surface area contributed by atoms with E-state index in [0.717, 1.165) is 0 Å². The molecule has 7 N–H and O–H groups in total. The third-order valence-electron chi connectivity index (χ3n) is 3.74. The van der Waals surface area contributed by atoms with Crippen molar-refractivity contribution in [2.75, 3.05) is 12.3 Å². The molecule has 10 heteroatoms. The van der Waals surface area contributed by atoms with Crippen LogP contribution in [0.5, 0.6) is 0 Å². The average molecular weight is 323 g/mol. The van der Waals surface area contributed by atoms with Crippen molar-refractivity contribution in [2.24, 2.45) is 5.73 Å². The molecule has 3 heterocycles. The molecule has 4 atom stereocenters. The molecule has 23 heavy (non-hydrogen) atoms. The highest BCUT2D eigenvalue weighted by Gasteiger charge is 2.57. The van der Waals surface area contributed by atoms with Crippen LogP contribution in [0.15, 0.2) is 17.1 Å². The molecule has 0 amide bonds. The number of ether oxygens (including phenoxy) is 1. The first-order chi connectivity index (χ1) is 10.9. The molecule has 1 aliphatic heterocycles. The highest BCUT2D eigenvalue weighted by atomic mass is 19.1. The number of aromatic amines is 1. The van der Waals surface area contributed by atoms with Gasteiger partial charge in [-0.3, -0.25) is 9.78 Å². The van der Waals surface area contributed by atoms with E-state index in [9.17, 15) is 15.0 Å². The van der Waals surface area contributed by atoms with E-state index in [4.69, 9.17) is 16.2 Å². The zero-order chi connectivity index (χ0) is 16.8. The number of nitrogens with zero attached hydrogens (tertiary/aromatic N) is 2. The lowest BCUT2D eigenvalue weighted by Gasteiger charge is -2.24. The molecule has 2 aromatic rings. The number of nitrogens with one attached hydrogen (secondary N) is 1. The van der Waals surface area contributed by atoms with Gasteiger partial charge in [-0.15, -0.1) is 0 Å². The SMILES string of the molecule is NC#C[C@@]1(F)C(O)[C@@H](CO)O[C@H]1n1ccc2c(=O)[nH]c(N)nc21. The van der Waals surface area contributed by atoms with Crippen molar-refractivity contribution in [3.05, 3.63) is 22.6 Å². The van der Waals surface area contributed by atoms with E-state index in [0.29, 0.717) is 0 Å². The Morgan fingerprint density at radius 1 is 1.61 bits per heavy atom. The predicted molar refractivity (Wildman–Crippen MR) is 77.6 cm³/mol. The van der Waals surface area contributed by atoms with Crippen LogP contribution in [-0.4, -0.2) is 49.2 Å². The van der Waals surface area contributed by atoms with Crippen molar-refractivity contribution < 1.29 is 19.3 Å². The van der Waals surface area contributed by atoms with E-state index in [2.05, 4.69) is 15.9 Å². The van der Waals surface area contributed by atoms with Gasteiger partial charge in [0.25, 0.3) is 5.56 Å². The normalized spacial score (nSPS) is 30.3. The smallest absolute Gasteiger partial charge is 0.261 e. The summed E-state index contributed by atoms with van der Waals surface area (Å²) in [6.07, 6.45) is -3.04. The number of hydrogen-bond donors (Lipinski definition) is 5. The van der Waals surface area contributed by atoms with Crippen LogP contribution in [0.4, 0.5) is 10.3 Å². The Labute approximate surface area is 128 Å². The molecule has 1 fully saturated rings. The number of rotatable bonds is 2. The summed E-state index contributed by atoms with van der Waals surface area (Å²) < 4.78 is 21.7. The number of hydrogen-bond acceptors (Lipinski definition) is 7. The van der Waals surface area contributed by atoms with Gasteiger partial charge in [-0.05, 0) is 12.0 Å². The molecule has 3 rings (SSSR count). The van der Waals surface area contributed by atoms with Gasteiger partial charge in [0.15, 0.2) is 11.9 Å². The van der Waals surface area contributed by atoms with E-state index in [1.54, 1.807) is 0 Å². The summed E-state index contributed by atoms with van der Waals surface area (Å²) in [6, 6.07) is 3.32. The van der Waals surface area contributed by atoms with Gasteiger partial charge in [0.1, 0.15) is 12.2 Å². The molecule has 0 saturated carbocycles. The Bertz CT molecular complexity index is 869. The van der Waals surface area contributed by atoms with Crippen molar-refractivity contribution in [3.8, 4) is 12.0 Å². The first kappa shape index (κ1) is 15.3. The monoisotopic (exact) mass is 323 g/mol. The lowest BCUT2D eigenvalue weighted by atomic mass is 9.97. The molecule has 9 nitrogen and oxygen atoms in total. The number of aliphatic hydroxyl groups excluding tert-OH is 2. The second-order valence-corrected chi connectivity index (χ2v) is 5.10. The largest absolute Gasteiger partial charge is 0.394 e. The molecule has 1 saturated heterocycles. The number of aromatic nitrogens is 3. The maximum absolute atomic E-state index is 15.2. The quantitative estimate of drug-likeness (QED) is 0.322. The number of alkyl halides is 1. The molecule has 2 aromatic heterocycles. The Balaban J connectivity index is 2.20. The molecule has 122 valence electrons. The second-order valence-electron chi connectivity index (χ2n) is 5.10. The minimum absolute atomic E-state index is 0.0582. The average Bonchev–Trinajstić information content (AvgIpc) is 3.01. The molecular formula is C13H14FN5O4. The standard InChI is InChI=1S/C13H14FN5O4/c14-13(2-3-15)8(21)7(5-20)23-11(13)19-4-1-6-9(19)17-12(16)18-10(6)22/h1,4,7-8,11,20-21H,5,15H2,(H3,16,17,18,22)/t7-,8?,11-,13-/m1/s1. The van der Waals surface area contributed by atoms with Gasteiger partial charge >= 0.3 is 0 Å². The van der Waals surface area contributed by atoms with E-state index in [1.807, 2.05) is 6.04 Å². The van der Waals surface area contributed by atoms with Crippen LogP contribution in [0.3, 0.4) is 0 Å². The summed E-state index contributed by atoms with van der Waals surface area (Å²) in [7, 11) is 0. The minimum atomic E-state index is -2.59. The second kappa shape index (κ2) is 5.24. The fourth-order valence-electron chi connectivity index (χ4n) is 2.66. The van der Waals surface area contributed by atoms with Crippen molar-refractivity contribution in [1.29, 1.82) is 0 Å². The molecule has 0 aromatic carbocycles. The summed E-state index contributed by atoms with van der Waals surface area (Å²) in [5, 5.41) is 19.4. The highest BCUT2D eigenvalue weighted by molar-refractivity contribution is 5.76. The number of anilines is 1. The topological polar surface area (TPSA) is 152 Å². The fraction of sp³-hybridized carbons (Fsp3) is 0.385. The van der Waals surface area contributed by atoms with E-state index >= 15 is 4.39 Å². The third kappa shape index (κ3) is 2.14. The first-order valence-electron chi connectivity index (χ1n) is 6.64. The molecule has 1 unspecified atom stereocenters. The van der Waals surface area contributed by atoms with Gasteiger partial charge in [-0.1, -0.05) is 0 Å². The first-order valence-corrected chi connectivity index (χ1v) is 6.64. The number of aliphatic hydroxyl groups is 2. The highest BCUT2D eigenvalue weighted by Crippen LogP contribution is 2.42. The molecule has 0 bridgehead atoms. The molecule has 0 aliphatic carbocycles. The maximum Gasteiger partial charge on any atom is 0.261 e. The number of halogens is 1. The van der Waals surface area contributed by atoms with Gasteiger partial charge in [0.05, 0.1) is 12.0 Å². The van der Waals surface area contributed by atoms with Crippen LogP contribution in [0.25, 0.3) is 11.0 Å². The summed E-state index contributed by atoms with van der Waals surface area (Å²) in [6.45, 7) is -0.620. The lowest BCUT2D eigenvalue weighted by molar-refractivity contribution is -0.0501. The van der Waals surface area contributed by atoms with Crippen molar-refractivity contribution in [2.45, 2.75) is 24.1 Å². The van der Waals surface area contributed by atoms with Gasteiger partial charge < -0.3 is 31.0 Å². The fourth-order valence-corrected chi connectivity index (χ4v) is 2.66. The number of nitrogen functional groups attached to an aromatic ring is 1. The Hall–Kier alpha value is -2.61. The van der Waals surface area contributed by atoms with E-state index in [1.165, 1.54) is 16.8 Å². The minimum Gasteiger partial charge on any atom is -0.394 e. The summed E-state index contributed by atoms with van der Waals surface area (Å²) >= 11 is 0. The van der Waals surface area contributed by atoms with Crippen LogP contribution >= 0.6 is 0 Å². The van der Waals surface area contributed by atoms with E-state index in [-0.39, 0.29) is 17.0 Å². The summed E-state index contributed by atoms with van der Waals surface area (Å²) in [5.74, 6) is 1.92. The van der Waals surface area contributed by atoms with Crippen LogP contribution < -0.4 is 17.0 Å². The van der Waals surface area contributed by atoms with Crippen molar-refractivity contribution >= 4 is 17.0 Å². The van der Waals surface area contributed by atoms with Crippen molar-refractivity contribution in [3.63, 3.8) is 0 Å². The number of H-pyrrole nitrogens is 1. The lowest BCUT2D eigenvalue weighted by Crippen LogP contribution is -2.42. The number of fused-ring (bicyclic) bond motifs is 1. The summed E-state index contributed by atoms with van der Waals surface area (Å²) in [4.78, 5) is 18.1. The molecule has 1 aliphatic rings. The van der Waals surface area contributed by atoms with Crippen LogP contribution in [0.2, 0.25) is 0 Å². The Morgan fingerprint density at radius 2 is 2.35 bits per heavy atom. The maximum atomic E-state index is 15.2. The number of nitrogens with two attached hydrogens (primary N) is 2. The van der Waals surface area contributed by atoms with E-state index < -0.39 is 36.3 Å². The molecular weight excluding hydrogens is 309 g/mol. The van der Waals surface area contributed by atoms with Gasteiger partial charge in [0, 0.05) is 12.2 Å². The van der Waals surface area contributed by atoms with Crippen LogP contribution in [0, 0.1) is 12.0 Å². The zero-order valence-corrected chi connectivity index (χ0v) is 11.7. The molecule has 0 spiro atoms. The van der Waals surface area contributed by atoms with Crippen LogP contribution in [0.1, 0.15) is 6.23 Å². The van der Waals surface area contributed by atoms with Gasteiger partial charge in [-0.2, -0.15) is 4.98 Å². The van der Waals surface area contributed by atoms with Crippen LogP contribution in [-0.2, 0) is 4.74 Å². The predicted octanol–water partition coefficient (Wildman–Crippen LogP) is -1.81.